The van der Waals surface area contributed by atoms with Gasteiger partial charge in [-0.15, -0.1) is 0 Å². The number of methoxy groups -OCH3 is 1. The summed E-state index contributed by atoms with van der Waals surface area (Å²) in [5, 5.41) is 2.46. The van der Waals surface area contributed by atoms with Crippen molar-refractivity contribution >= 4 is 35.6 Å². The summed E-state index contributed by atoms with van der Waals surface area (Å²) in [6.07, 6.45) is 0.616. The molecule has 0 spiro atoms. The van der Waals surface area contributed by atoms with Gasteiger partial charge in [-0.1, -0.05) is 0 Å². The molecule has 0 rings (SSSR count). The third-order valence-electron chi connectivity index (χ3n) is 2.94. The lowest BCUT2D eigenvalue weighted by Crippen LogP contribution is -2.47. The molecular formula is C15H26N3O5S+. The Morgan fingerprint density at radius 3 is 2.67 bits per heavy atom. The van der Waals surface area contributed by atoms with Gasteiger partial charge in [-0.3, -0.25) is 9.59 Å². The maximum absolute atomic E-state index is 12.3. The molecule has 8 nitrogen and oxygen atoms in total. The van der Waals surface area contributed by atoms with E-state index in [1.807, 2.05) is 6.26 Å². The normalized spacial score (nSPS) is 16.4. The second-order valence-corrected chi connectivity index (χ2v) is 5.89. The fourth-order valence-electron chi connectivity index (χ4n) is 1.77. The largest absolute Gasteiger partial charge is 0.461 e. The van der Waals surface area contributed by atoms with Crippen LogP contribution in [-0.4, -0.2) is 66.0 Å². The van der Waals surface area contributed by atoms with Gasteiger partial charge >= 0.3 is 12.2 Å². The van der Waals surface area contributed by atoms with E-state index in [4.69, 9.17) is 19.1 Å². The third-order valence-corrected chi connectivity index (χ3v) is 3.59. The zero-order valence-corrected chi connectivity index (χ0v) is 14.9. The minimum atomic E-state index is -2.51. The van der Waals surface area contributed by atoms with Crippen LogP contribution < -0.4 is 5.32 Å². The Balaban J connectivity index is 5.15. The summed E-state index contributed by atoms with van der Waals surface area (Å²) in [5.74, 6) is -1.36. The van der Waals surface area contributed by atoms with E-state index < -0.39 is 42.8 Å². The highest BCUT2D eigenvalue weighted by Crippen LogP contribution is 2.07. The number of carbonyl (C=O) groups is 3. The van der Waals surface area contributed by atoms with Crippen LogP contribution in [0.5, 0.6) is 0 Å². The van der Waals surface area contributed by atoms with Crippen molar-refractivity contribution in [1.29, 1.82) is 5.53 Å². The van der Waals surface area contributed by atoms with Crippen molar-refractivity contribution < 1.29 is 32.8 Å². The van der Waals surface area contributed by atoms with Gasteiger partial charge in [0, 0.05) is 17.6 Å². The number of hydrogen-bond acceptors (Lipinski definition) is 7. The molecule has 136 valence electrons. The maximum atomic E-state index is 12.3. The minimum absolute atomic E-state index is 0.123. The van der Waals surface area contributed by atoms with Crippen LogP contribution in [0.2, 0.25) is 0 Å². The number of rotatable bonds is 12. The quantitative estimate of drug-likeness (QED) is 0.230. The van der Waals surface area contributed by atoms with Gasteiger partial charge in [0.1, 0.15) is 12.1 Å². The smallest absolute Gasteiger partial charge is 0.372 e. The number of esters is 1. The summed E-state index contributed by atoms with van der Waals surface area (Å²) in [7, 11) is 1.36. The number of hydrogen-bond donors (Lipinski definition) is 2. The lowest BCUT2D eigenvalue weighted by molar-refractivity contribution is -0.152. The van der Waals surface area contributed by atoms with E-state index in [0.29, 0.717) is 12.2 Å². The highest BCUT2D eigenvalue weighted by Gasteiger charge is 2.27. The first-order valence-electron chi connectivity index (χ1n) is 8.82. The Morgan fingerprint density at radius 1 is 1.42 bits per heavy atom. The lowest BCUT2D eigenvalue weighted by atomic mass is 10.1. The zero-order valence-electron chi connectivity index (χ0n) is 17.0. The highest BCUT2D eigenvalue weighted by atomic mass is 32.2. The van der Waals surface area contributed by atoms with Crippen LogP contribution in [0.4, 0.5) is 0 Å². The molecule has 0 saturated carbocycles. The fourth-order valence-corrected chi connectivity index (χ4v) is 2.22. The monoisotopic (exact) mass is 363 g/mol. The summed E-state index contributed by atoms with van der Waals surface area (Å²) in [4.78, 5) is 39.0. The van der Waals surface area contributed by atoms with Crippen molar-refractivity contribution in [2.75, 3.05) is 19.1 Å². The average molecular weight is 363 g/mol. The summed E-state index contributed by atoms with van der Waals surface area (Å²) >= 11 is 1.53. The van der Waals surface area contributed by atoms with Crippen LogP contribution in [0.15, 0.2) is 0 Å². The molecule has 0 saturated heterocycles. The molecule has 9 heteroatoms. The number of carbonyl (C=O) groups excluding carboxylic acids is 3. The molecule has 24 heavy (non-hydrogen) atoms. The molecule has 0 aromatic heterocycles. The Labute approximate surface area is 150 Å². The average Bonchev–Trinajstić information content (AvgIpc) is 2.58. The number of nitrogens with zero attached hydrogens (tertiary/aromatic N) is 1. The molecule has 0 aliphatic rings. The summed E-state index contributed by atoms with van der Waals surface area (Å²) in [6.45, 7) is -1.29. The van der Waals surface area contributed by atoms with Crippen molar-refractivity contribution in [3.05, 3.63) is 0 Å². The fraction of sp³-hybridized carbons (Fsp3) is 0.733. The van der Waals surface area contributed by atoms with Crippen molar-refractivity contribution in [1.82, 2.24) is 5.32 Å². The second-order valence-electron chi connectivity index (χ2n) is 4.91. The van der Waals surface area contributed by atoms with E-state index in [-0.39, 0.29) is 12.8 Å². The molecule has 2 N–H and O–H groups in total. The van der Waals surface area contributed by atoms with E-state index in [1.165, 1.54) is 25.8 Å². The first kappa shape index (κ1) is 17.1. The lowest BCUT2D eigenvalue weighted by Gasteiger charge is -2.21. The zero-order chi connectivity index (χ0) is 21.0. The van der Waals surface area contributed by atoms with E-state index >= 15 is 0 Å². The molecule has 0 aromatic carbocycles. The predicted molar refractivity (Wildman–Crippen MR) is 90.2 cm³/mol. The second kappa shape index (κ2) is 12.7. The number of nitrogens with one attached hydrogen (secondary N) is 2. The van der Waals surface area contributed by atoms with E-state index in [9.17, 15) is 14.4 Å². The molecule has 0 aliphatic heterocycles. The maximum Gasteiger partial charge on any atom is 0.372 e. The van der Waals surface area contributed by atoms with Crippen LogP contribution in [0, 0.1) is 5.53 Å². The van der Waals surface area contributed by atoms with Crippen molar-refractivity contribution in [2.24, 2.45) is 0 Å². The van der Waals surface area contributed by atoms with Gasteiger partial charge in [0.2, 0.25) is 11.7 Å². The Morgan fingerprint density at radius 2 is 2.12 bits per heavy atom. The number of thioether (sulfide) groups is 1. The number of amides is 1. The van der Waals surface area contributed by atoms with Gasteiger partial charge in [-0.25, -0.2) is 4.79 Å². The summed E-state index contributed by atoms with van der Waals surface area (Å²) in [6, 6.07) is -1.22. The molecule has 0 aliphatic carbocycles. The van der Waals surface area contributed by atoms with Crippen LogP contribution in [-0.2, 0) is 23.9 Å². The van der Waals surface area contributed by atoms with Crippen molar-refractivity contribution in [2.45, 2.75) is 51.3 Å². The van der Waals surface area contributed by atoms with Gasteiger partial charge in [-0.2, -0.15) is 11.8 Å². The Bertz CT molecular complexity index is 567. The molecule has 0 radical (unpaired) electrons. The molecule has 1 unspecified atom stereocenters. The topological polar surface area (TPSA) is 120 Å². The molecule has 0 heterocycles. The minimum Gasteiger partial charge on any atom is -0.461 e. The van der Waals surface area contributed by atoms with E-state index in [1.54, 1.807) is 0 Å². The van der Waals surface area contributed by atoms with Gasteiger partial charge in [0.15, 0.2) is 0 Å². The van der Waals surface area contributed by atoms with Gasteiger partial charge in [-0.05, 0) is 38.6 Å². The Kier molecular flexibility index (Phi) is 9.06. The molecule has 0 bridgehead atoms. The van der Waals surface area contributed by atoms with Crippen molar-refractivity contribution in [3.8, 4) is 0 Å². The van der Waals surface area contributed by atoms with Crippen LogP contribution >= 0.6 is 11.8 Å². The number of Topliss-reactive ketones (excluding diaryl/α,β-unsaturated/α-hetero) is 1. The summed E-state index contributed by atoms with van der Waals surface area (Å²) in [5.41, 5.74) is 6.63. The van der Waals surface area contributed by atoms with Crippen molar-refractivity contribution in [3.63, 3.8) is 0 Å². The van der Waals surface area contributed by atoms with Gasteiger partial charge < -0.3 is 14.8 Å². The highest BCUT2D eigenvalue weighted by molar-refractivity contribution is 7.98. The standard InChI is InChI=1S/C15H25N3O5S/c1-10(2)23-15(21)12(6-5-11(19)9-17-16)18-14(20)13(22-3)7-8-24-4/h9-10,12-13,16H,5-8H2,1-4H3/p+1/t12-,13-/m0/s1/i1D3/t10?,12-,13-. The molecule has 1 amide bonds. The molecule has 0 fully saturated rings. The molecule has 0 aromatic rings. The SMILES string of the molecule is [2H]C([2H])([2H])C(C)OC(=O)[C@H](CCC(=O)C=[N+]=N)NC(=O)[C@H](CCSC)OC. The first-order chi connectivity index (χ1) is 12.6. The molecule has 3 atom stereocenters. The van der Waals surface area contributed by atoms with Gasteiger partial charge in [0.25, 0.3) is 0 Å². The van der Waals surface area contributed by atoms with E-state index in [0.717, 1.165) is 6.21 Å². The first-order valence-corrected chi connectivity index (χ1v) is 8.71. The van der Waals surface area contributed by atoms with Gasteiger partial charge in [0.05, 0.1) is 16.4 Å². The number of ether oxygens (including phenoxy) is 2. The molecular weight excluding hydrogens is 334 g/mol. The number of ketones is 1. The predicted octanol–water partition coefficient (Wildman–Crippen LogP) is 0.850. The van der Waals surface area contributed by atoms with Crippen LogP contribution in [0.25, 0.3) is 0 Å². The van der Waals surface area contributed by atoms with Crippen LogP contribution in [0.1, 0.15) is 37.2 Å². The third kappa shape index (κ3) is 9.44. The van der Waals surface area contributed by atoms with Crippen LogP contribution in [0.3, 0.4) is 0 Å². The summed E-state index contributed by atoms with van der Waals surface area (Å²) < 4.78 is 31.8. The Hall–Kier alpha value is -1.70. The van der Waals surface area contributed by atoms with E-state index in [2.05, 4.69) is 10.1 Å².